The fourth-order valence-electron chi connectivity index (χ4n) is 3.59. The van der Waals surface area contributed by atoms with Crippen LogP contribution in [0.3, 0.4) is 0 Å². The number of fused-ring (bicyclic) bond motifs is 1. The predicted octanol–water partition coefficient (Wildman–Crippen LogP) is 3.11. The number of carbonyl (C=O) groups is 1. The van der Waals surface area contributed by atoms with Gasteiger partial charge in [-0.05, 0) is 24.3 Å². The summed E-state index contributed by atoms with van der Waals surface area (Å²) in [5.74, 6) is -2.21. The maximum absolute atomic E-state index is 13.7. The van der Waals surface area contributed by atoms with Crippen LogP contribution < -0.4 is 0 Å². The summed E-state index contributed by atoms with van der Waals surface area (Å²) >= 11 is 0. The number of nitrogens with zero attached hydrogens (tertiary/aromatic N) is 2. The predicted molar refractivity (Wildman–Crippen MR) is 81.9 cm³/mol. The van der Waals surface area contributed by atoms with Crippen LogP contribution in [0.4, 0.5) is 13.2 Å². The van der Waals surface area contributed by atoms with Gasteiger partial charge in [0.2, 0.25) is 5.91 Å². The summed E-state index contributed by atoms with van der Waals surface area (Å²) in [6, 6.07) is 8.48. The number of aliphatic hydroxyl groups is 1. The van der Waals surface area contributed by atoms with Gasteiger partial charge >= 0.3 is 6.18 Å². The molecule has 1 N–H and O–H groups in total. The van der Waals surface area contributed by atoms with E-state index in [4.69, 9.17) is 0 Å². The summed E-state index contributed by atoms with van der Waals surface area (Å²) in [6.07, 6.45) is -3.74. The fourth-order valence-corrected chi connectivity index (χ4v) is 3.59. The second-order valence-electron chi connectivity index (χ2n) is 6.50. The summed E-state index contributed by atoms with van der Waals surface area (Å²) in [5, 5.41) is 14.7. The van der Waals surface area contributed by atoms with Gasteiger partial charge in [0.1, 0.15) is 0 Å². The highest BCUT2D eigenvalue weighted by molar-refractivity contribution is 5.95. The molecule has 1 heterocycles. The van der Waals surface area contributed by atoms with Crippen LogP contribution in [0.15, 0.2) is 35.4 Å². The molecule has 2 aliphatic rings. The van der Waals surface area contributed by atoms with E-state index in [1.165, 1.54) is 0 Å². The molecule has 3 atom stereocenters. The molecule has 1 aromatic rings. The lowest BCUT2D eigenvalue weighted by Crippen LogP contribution is -2.62. The first kappa shape index (κ1) is 17.0. The molecule has 3 rings (SSSR count). The number of hydrogen-bond acceptors (Lipinski definition) is 3. The van der Waals surface area contributed by atoms with Gasteiger partial charge in [-0.2, -0.15) is 23.3 Å². The van der Waals surface area contributed by atoms with E-state index in [2.05, 4.69) is 5.10 Å². The number of hydrazone groups is 1. The summed E-state index contributed by atoms with van der Waals surface area (Å²) in [4.78, 5) is 12.5. The van der Waals surface area contributed by atoms with Gasteiger partial charge in [-0.1, -0.05) is 43.7 Å². The third kappa shape index (κ3) is 2.60. The summed E-state index contributed by atoms with van der Waals surface area (Å²) < 4.78 is 41.0. The minimum atomic E-state index is -4.97. The molecule has 0 bridgehead atoms. The van der Waals surface area contributed by atoms with Crippen LogP contribution in [0.25, 0.3) is 0 Å². The highest BCUT2D eigenvalue weighted by Crippen LogP contribution is 2.49. The standard InChI is InChI=1S/C17H19F3N2O2/c1-11-6-5-9-13-15(11)21-22(16(13,24)17(18,19)20)14(23)10-12-7-3-2-4-8-12/h2-4,7-8,11,13,24H,5-6,9-10H2,1H3/t11-,13-,16-/m1/s1. The second kappa shape index (κ2) is 5.88. The Balaban J connectivity index is 1.95. The number of rotatable bonds is 2. The highest BCUT2D eigenvalue weighted by Gasteiger charge is 2.68. The van der Waals surface area contributed by atoms with E-state index in [1.807, 2.05) is 0 Å². The van der Waals surface area contributed by atoms with Crippen molar-refractivity contribution in [2.75, 3.05) is 0 Å². The number of halogens is 3. The van der Waals surface area contributed by atoms with Crippen molar-refractivity contribution in [3.8, 4) is 0 Å². The third-order valence-electron chi connectivity index (χ3n) is 4.87. The molecule has 4 nitrogen and oxygen atoms in total. The molecule has 1 fully saturated rings. The minimum absolute atomic E-state index is 0.174. The van der Waals surface area contributed by atoms with E-state index < -0.39 is 23.7 Å². The zero-order valence-electron chi connectivity index (χ0n) is 13.3. The van der Waals surface area contributed by atoms with Crippen LogP contribution in [-0.4, -0.2) is 33.6 Å². The Morgan fingerprint density at radius 3 is 2.62 bits per heavy atom. The zero-order chi connectivity index (χ0) is 17.5. The van der Waals surface area contributed by atoms with E-state index in [0.717, 1.165) is 0 Å². The van der Waals surface area contributed by atoms with Crippen molar-refractivity contribution in [3.05, 3.63) is 35.9 Å². The molecule has 1 aliphatic heterocycles. The van der Waals surface area contributed by atoms with Crippen LogP contribution in [0.1, 0.15) is 31.7 Å². The lowest BCUT2D eigenvalue weighted by Gasteiger charge is -2.39. The molecule has 130 valence electrons. The minimum Gasteiger partial charge on any atom is -0.362 e. The van der Waals surface area contributed by atoms with Gasteiger partial charge in [-0.3, -0.25) is 4.79 Å². The maximum atomic E-state index is 13.7. The number of carbonyl (C=O) groups excluding carboxylic acids is 1. The number of alkyl halides is 3. The lowest BCUT2D eigenvalue weighted by atomic mass is 9.75. The van der Waals surface area contributed by atoms with Gasteiger partial charge in [0, 0.05) is 5.71 Å². The summed E-state index contributed by atoms with van der Waals surface area (Å²) in [5.41, 5.74) is -2.39. The molecular formula is C17H19F3N2O2. The quantitative estimate of drug-likeness (QED) is 0.899. The van der Waals surface area contributed by atoms with Crippen molar-refractivity contribution in [3.63, 3.8) is 0 Å². The molecule has 24 heavy (non-hydrogen) atoms. The number of benzene rings is 1. The molecular weight excluding hydrogens is 321 g/mol. The maximum Gasteiger partial charge on any atom is 0.439 e. The Morgan fingerprint density at radius 1 is 1.33 bits per heavy atom. The van der Waals surface area contributed by atoms with Crippen LogP contribution in [0.2, 0.25) is 0 Å². The number of amides is 1. The van der Waals surface area contributed by atoms with Gasteiger partial charge in [0.25, 0.3) is 5.72 Å². The average molecular weight is 340 g/mol. The van der Waals surface area contributed by atoms with E-state index in [0.29, 0.717) is 18.4 Å². The Bertz CT molecular complexity index is 660. The van der Waals surface area contributed by atoms with Crippen molar-refractivity contribution in [2.24, 2.45) is 16.9 Å². The van der Waals surface area contributed by atoms with Gasteiger partial charge < -0.3 is 5.11 Å². The molecule has 0 saturated heterocycles. The van der Waals surface area contributed by atoms with E-state index in [1.54, 1.807) is 37.3 Å². The third-order valence-corrected chi connectivity index (χ3v) is 4.87. The van der Waals surface area contributed by atoms with Gasteiger partial charge in [0.05, 0.1) is 12.3 Å². The molecule has 1 saturated carbocycles. The second-order valence-corrected chi connectivity index (χ2v) is 6.50. The molecule has 0 radical (unpaired) electrons. The smallest absolute Gasteiger partial charge is 0.362 e. The van der Waals surface area contributed by atoms with Crippen LogP contribution in [-0.2, 0) is 11.2 Å². The van der Waals surface area contributed by atoms with E-state index >= 15 is 0 Å². The molecule has 7 heteroatoms. The number of hydrogen-bond donors (Lipinski definition) is 1. The molecule has 0 unspecified atom stereocenters. The topological polar surface area (TPSA) is 52.9 Å². The Kier molecular flexibility index (Phi) is 4.15. The van der Waals surface area contributed by atoms with Gasteiger partial charge in [-0.25, -0.2) is 0 Å². The SMILES string of the molecule is C[C@@H]1CCC[C@@H]2C1=NN(C(=O)Cc1ccccc1)[C@]2(O)C(F)(F)F. The Morgan fingerprint density at radius 2 is 2.00 bits per heavy atom. The lowest BCUT2D eigenvalue weighted by molar-refractivity contribution is -0.317. The molecule has 0 aromatic heterocycles. The Labute approximate surface area is 138 Å². The van der Waals surface area contributed by atoms with E-state index in [-0.39, 0.29) is 29.5 Å². The van der Waals surface area contributed by atoms with Gasteiger partial charge in [0.15, 0.2) is 0 Å². The molecule has 1 aliphatic carbocycles. The molecule has 1 amide bonds. The zero-order valence-corrected chi connectivity index (χ0v) is 13.3. The summed E-state index contributed by atoms with van der Waals surface area (Å²) in [6.45, 7) is 1.78. The van der Waals surface area contributed by atoms with Crippen molar-refractivity contribution < 1.29 is 23.1 Å². The molecule has 1 aromatic carbocycles. The highest BCUT2D eigenvalue weighted by atomic mass is 19.4. The van der Waals surface area contributed by atoms with E-state index in [9.17, 15) is 23.1 Å². The van der Waals surface area contributed by atoms with Crippen molar-refractivity contribution >= 4 is 11.6 Å². The normalized spacial score (nSPS) is 30.0. The van der Waals surface area contributed by atoms with Crippen LogP contribution in [0, 0.1) is 11.8 Å². The first-order chi connectivity index (χ1) is 11.2. The van der Waals surface area contributed by atoms with Gasteiger partial charge in [-0.15, -0.1) is 0 Å². The molecule has 0 spiro atoms. The largest absolute Gasteiger partial charge is 0.439 e. The van der Waals surface area contributed by atoms with Crippen LogP contribution in [0.5, 0.6) is 0 Å². The summed E-state index contributed by atoms with van der Waals surface area (Å²) in [7, 11) is 0. The van der Waals surface area contributed by atoms with Crippen molar-refractivity contribution in [1.82, 2.24) is 5.01 Å². The van der Waals surface area contributed by atoms with Crippen molar-refractivity contribution in [2.45, 2.75) is 44.5 Å². The first-order valence-electron chi connectivity index (χ1n) is 7.99. The average Bonchev–Trinajstić information content (AvgIpc) is 2.84. The van der Waals surface area contributed by atoms with Crippen LogP contribution >= 0.6 is 0 Å². The monoisotopic (exact) mass is 340 g/mol. The van der Waals surface area contributed by atoms with Crippen molar-refractivity contribution in [1.29, 1.82) is 0 Å². The first-order valence-corrected chi connectivity index (χ1v) is 7.99. The Hall–Kier alpha value is -1.89. The fraction of sp³-hybridized carbons (Fsp3) is 0.529.